The minimum atomic E-state index is -4.09. The zero-order valence-electron chi connectivity index (χ0n) is 21.5. The largest absolute Gasteiger partial charge is 0.504 e. The highest BCUT2D eigenvalue weighted by atomic mass is 32.2. The van der Waals surface area contributed by atoms with Crippen molar-refractivity contribution in [3.8, 4) is 11.5 Å². The summed E-state index contributed by atoms with van der Waals surface area (Å²) in [7, 11) is -4.09. The zero-order chi connectivity index (χ0) is 29.5. The Morgan fingerprint density at radius 1 is 1.10 bits per heavy atom. The van der Waals surface area contributed by atoms with Crippen LogP contribution in [0.5, 0.6) is 11.5 Å². The van der Waals surface area contributed by atoms with Crippen LogP contribution in [0, 0.1) is 6.92 Å². The minimum Gasteiger partial charge on any atom is -0.504 e. The maximum Gasteiger partial charge on any atom is 0.255 e. The first-order valence-corrected chi connectivity index (χ1v) is 13.7. The van der Waals surface area contributed by atoms with Gasteiger partial charge in [0, 0.05) is 12.6 Å². The second-order valence-electron chi connectivity index (χ2n) is 9.35. The molecule has 0 aliphatic carbocycles. The maximum absolute atomic E-state index is 13.0. The van der Waals surface area contributed by atoms with Crippen molar-refractivity contribution in [3.05, 3.63) is 72.3 Å². The third-order valence-electron chi connectivity index (χ3n) is 6.59. The number of imidazole rings is 1. The number of aliphatic hydroxyl groups is 2. The van der Waals surface area contributed by atoms with Gasteiger partial charge in [-0.15, -0.1) is 0 Å². The lowest BCUT2D eigenvalue weighted by Gasteiger charge is -2.16. The first-order chi connectivity index (χ1) is 19.5. The lowest BCUT2D eigenvalue weighted by atomic mass is 10.1. The molecule has 4 aromatic rings. The summed E-state index contributed by atoms with van der Waals surface area (Å²) >= 11 is 0. The van der Waals surface area contributed by atoms with Crippen molar-refractivity contribution in [1.82, 2.24) is 24.8 Å². The summed E-state index contributed by atoms with van der Waals surface area (Å²) < 4.78 is 33.3. The minimum absolute atomic E-state index is 0.0438. The van der Waals surface area contributed by atoms with Gasteiger partial charge in [-0.25, -0.2) is 23.4 Å². The highest BCUT2D eigenvalue weighted by Crippen LogP contribution is 2.35. The van der Waals surface area contributed by atoms with Crippen LogP contribution in [0.15, 0.2) is 71.0 Å². The van der Waals surface area contributed by atoms with Crippen LogP contribution in [-0.2, 0) is 14.6 Å². The van der Waals surface area contributed by atoms with Crippen molar-refractivity contribution >= 4 is 32.7 Å². The first-order valence-electron chi connectivity index (χ1n) is 12.3. The fourth-order valence-electron chi connectivity index (χ4n) is 4.35. The van der Waals surface area contributed by atoms with E-state index in [4.69, 9.17) is 10.5 Å². The smallest absolute Gasteiger partial charge is 0.255 e. The molecular weight excluding hydrogens is 556 g/mol. The molecule has 0 spiro atoms. The summed E-state index contributed by atoms with van der Waals surface area (Å²) in [5, 5.41) is 43.9. The number of aliphatic hydroxyl groups excluding tert-OH is 2. The van der Waals surface area contributed by atoms with E-state index in [0.29, 0.717) is 11.2 Å². The van der Waals surface area contributed by atoms with Crippen LogP contribution in [-0.4, -0.2) is 79.1 Å². The molecule has 5 rings (SSSR count). The number of anilines is 1. The Balaban J connectivity index is 1.27. The third-order valence-corrected chi connectivity index (χ3v) is 8.34. The molecule has 0 radical (unpaired) electrons. The number of nitrogens with two attached hydrogens (primary N) is 1. The Morgan fingerprint density at radius 2 is 1.83 bits per heavy atom. The number of aromatic hydroxyl groups is 2. The second kappa shape index (κ2) is 10.8. The quantitative estimate of drug-likeness (QED) is 0.130. The van der Waals surface area contributed by atoms with Crippen molar-refractivity contribution in [2.24, 2.45) is 0 Å². The van der Waals surface area contributed by atoms with Gasteiger partial charge in [0.2, 0.25) is 9.84 Å². The predicted octanol–water partition coefficient (Wildman–Crippen LogP) is 0.566. The van der Waals surface area contributed by atoms with Crippen molar-refractivity contribution < 1.29 is 38.4 Å². The van der Waals surface area contributed by atoms with Gasteiger partial charge in [0.15, 0.2) is 29.2 Å². The number of hydrogen-bond acceptors (Lipinski definition) is 12. The highest BCUT2D eigenvalue weighted by molar-refractivity contribution is 7.91. The number of carbonyl (C=O) groups is 1. The molecule has 0 bridgehead atoms. The van der Waals surface area contributed by atoms with E-state index in [9.17, 15) is 33.6 Å². The number of fused-ring (bicyclic) bond motifs is 1. The lowest BCUT2D eigenvalue weighted by Crippen LogP contribution is -2.31. The second-order valence-corrected chi connectivity index (χ2v) is 11.3. The van der Waals surface area contributed by atoms with Gasteiger partial charge < -0.3 is 36.2 Å². The summed E-state index contributed by atoms with van der Waals surface area (Å²) in [6, 6.07) is 7.87. The van der Waals surface area contributed by atoms with Gasteiger partial charge in [-0.05, 0) is 25.1 Å². The van der Waals surface area contributed by atoms with Crippen molar-refractivity contribution in [3.63, 3.8) is 0 Å². The average molecular weight is 583 g/mol. The summed E-state index contributed by atoms with van der Waals surface area (Å²) in [6.07, 6.45) is 0.787. The fraction of sp³-hybridized carbons (Fsp3) is 0.231. The van der Waals surface area contributed by atoms with Crippen LogP contribution in [0.1, 0.15) is 22.1 Å². The van der Waals surface area contributed by atoms with E-state index in [1.807, 2.05) is 0 Å². The van der Waals surface area contributed by atoms with Gasteiger partial charge in [0.05, 0.1) is 21.7 Å². The van der Waals surface area contributed by atoms with Gasteiger partial charge in [0.25, 0.3) is 5.91 Å². The van der Waals surface area contributed by atoms with Crippen LogP contribution in [0.25, 0.3) is 11.2 Å². The van der Waals surface area contributed by atoms with Gasteiger partial charge >= 0.3 is 0 Å². The number of phenols is 2. The number of aromatic nitrogens is 4. The molecule has 41 heavy (non-hydrogen) atoms. The molecule has 0 saturated carbocycles. The maximum atomic E-state index is 13.0. The summed E-state index contributed by atoms with van der Waals surface area (Å²) in [6.45, 7) is 1.67. The Bertz CT molecular complexity index is 1760. The van der Waals surface area contributed by atoms with E-state index in [2.05, 4.69) is 20.3 Å². The molecule has 3 heterocycles. The monoisotopic (exact) mass is 582 g/mol. The molecule has 1 aliphatic rings. The number of amides is 1. The standard InChI is InChI=1S/C26H26N6O8S/c1-13-4-6-14(7-5-13)41(38,39)15-9-16(20(34)17(33)10-15)25(37)28-8-2-3-18-21(35)22(36)26(40-18)32-12-31-19-23(27)29-11-30-24(19)32/h2-7,9-12,18,21-22,26,33-36H,8H2,1H3,(H,28,37)(H2,27,29,30). The van der Waals surface area contributed by atoms with E-state index in [1.54, 1.807) is 19.1 Å². The number of ether oxygens (including phenoxy) is 1. The Labute approximate surface area is 233 Å². The number of nitrogen functional groups attached to an aromatic ring is 1. The average Bonchev–Trinajstić information content (AvgIpc) is 3.49. The number of benzene rings is 2. The van der Waals surface area contributed by atoms with Crippen molar-refractivity contribution in [1.29, 1.82) is 0 Å². The molecular formula is C26H26N6O8S. The summed E-state index contributed by atoms with van der Waals surface area (Å²) in [5.74, 6) is -2.28. The van der Waals surface area contributed by atoms with Gasteiger partial charge in [-0.1, -0.05) is 29.8 Å². The van der Waals surface area contributed by atoms with Crippen LogP contribution >= 0.6 is 0 Å². The molecule has 7 N–H and O–H groups in total. The number of hydrogen-bond donors (Lipinski definition) is 6. The molecule has 1 saturated heterocycles. The summed E-state index contributed by atoms with van der Waals surface area (Å²) in [5.41, 5.74) is 6.81. The predicted molar refractivity (Wildman–Crippen MR) is 144 cm³/mol. The van der Waals surface area contributed by atoms with E-state index in [0.717, 1.165) is 17.7 Å². The van der Waals surface area contributed by atoms with Crippen LogP contribution in [0.3, 0.4) is 0 Å². The Kier molecular flexibility index (Phi) is 7.35. The molecule has 15 heteroatoms. The van der Waals surface area contributed by atoms with E-state index >= 15 is 0 Å². The van der Waals surface area contributed by atoms with E-state index < -0.39 is 57.3 Å². The zero-order valence-corrected chi connectivity index (χ0v) is 22.3. The van der Waals surface area contributed by atoms with Crippen LogP contribution < -0.4 is 11.1 Å². The van der Waals surface area contributed by atoms with Gasteiger partial charge in [0.1, 0.15) is 30.2 Å². The van der Waals surface area contributed by atoms with Gasteiger partial charge in [-0.3, -0.25) is 9.36 Å². The number of sulfone groups is 1. The third kappa shape index (κ3) is 5.18. The molecule has 2 aromatic carbocycles. The molecule has 1 amide bonds. The van der Waals surface area contributed by atoms with E-state index in [1.165, 1.54) is 41.5 Å². The molecule has 2 aromatic heterocycles. The van der Waals surface area contributed by atoms with Gasteiger partial charge in [-0.2, -0.15) is 0 Å². The number of carbonyl (C=O) groups excluding carboxylic acids is 1. The molecule has 1 fully saturated rings. The fourth-order valence-corrected chi connectivity index (χ4v) is 5.66. The SMILES string of the molecule is Cc1ccc(S(=O)(=O)c2cc(O)c(O)c(C(=O)NCC=CC3OC(n4cnc5c(N)ncnc54)C(O)C3O)c2)cc1. The number of rotatable bonds is 7. The number of nitrogens with one attached hydrogen (secondary N) is 1. The van der Waals surface area contributed by atoms with Crippen molar-refractivity contribution in [2.75, 3.05) is 12.3 Å². The number of phenolic OH excluding ortho intramolecular Hbond substituents is 2. The highest BCUT2D eigenvalue weighted by Gasteiger charge is 2.43. The van der Waals surface area contributed by atoms with Crippen LogP contribution in [0.4, 0.5) is 5.82 Å². The summed E-state index contributed by atoms with van der Waals surface area (Å²) in [4.78, 5) is 24.5. The van der Waals surface area contributed by atoms with Crippen LogP contribution in [0.2, 0.25) is 0 Å². The van der Waals surface area contributed by atoms with E-state index in [-0.39, 0.29) is 22.2 Å². The normalized spacial score (nSPS) is 21.0. The number of nitrogens with zero attached hydrogens (tertiary/aromatic N) is 4. The van der Waals surface area contributed by atoms with Crippen molar-refractivity contribution in [2.45, 2.75) is 41.3 Å². The topological polar surface area (TPSA) is 223 Å². The molecule has 14 nitrogen and oxygen atoms in total. The Hall–Kier alpha value is -4.57. The first kappa shape index (κ1) is 28.0. The molecule has 214 valence electrons. The molecule has 4 atom stereocenters. The lowest BCUT2D eigenvalue weighted by molar-refractivity contribution is -0.0245. The number of aryl methyl sites for hydroxylation is 1. The molecule has 1 aliphatic heterocycles. The molecule has 4 unspecified atom stereocenters. The Morgan fingerprint density at radius 3 is 2.56 bits per heavy atom.